The minimum atomic E-state index is -1.11. The van der Waals surface area contributed by atoms with E-state index in [2.05, 4.69) is 18.8 Å². The van der Waals surface area contributed by atoms with Crippen LogP contribution in [-0.4, -0.2) is 56.5 Å². The Morgan fingerprint density at radius 1 is 1.11 bits per heavy atom. The van der Waals surface area contributed by atoms with Gasteiger partial charge in [0.05, 0.1) is 35.2 Å². The molecule has 8 heteroatoms. The number of hydrogen-bond acceptors (Lipinski definition) is 8. The van der Waals surface area contributed by atoms with Crippen LogP contribution >= 0.6 is 11.8 Å². The van der Waals surface area contributed by atoms with Gasteiger partial charge in [-0.3, -0.25) is 14.6 Å². The molecule has 5 fully saturated rings. The largest absolute Gasteiger partial charge is 0.393 e. The topological polar surface area (TPSA) is 98.6 Å². The van der Waals surface area contributed by atoms with Crippen LogP contribution in [0.4, 0.5) is 0 Å². The molecule has 4 saturated carbocycles. The highest BCUT2D eigenvalue weighted by atomic mass is 32.2. The lowest BCUT2D eigenvalue weighted by molar-refractivity contribution is -0.207. The summed E-state index contributed by atoms with van der Waals surface area (Å²) < 4.78 is 13.9. The number of Topliss-reactive ketones (excluding diaryl/α,β-unsaturated/α-hetero) is 1. The zero-order valence-corrected chi connectivity index (χ0v) is 26.4. The Kier molecular flexibility index (Phi) is 6.98. The average Bonchev–Trinajstić information content (AvgIpc) is 3.53. The molecule has 6 aliphatic rings. The van der Waals surface area contributed by atoms with Crippen LogP contribution in [0.25, 0.3) is 11.0 Å². The number of ether oxygens (including phenoxy) is 2. The summed E-state index contributed by atoms with van der Waals surface area (Å²) in [5.41, 5.74) is 0.737. The number of fused-ring (bicyclic) bond motifs is 8. The highest BCUT2D eigenvalue weighted by Gasteiger charge is 2.76. The molecule has 1 aromatic heterocycles. The Hall–Kier alpha value is -2.39. The summed E-state index contributed by atoms with van der Waals surface area (Å²) in [4.78, 5) is 36.3. The van der Waals surface area contributed by atoms with E-state index in [-0.39, 0.29) is 52.9 Å². The van der Waals surface area contributed by atoms with E-state index >= 15 is 0 Å². The third kappa shape index (κ3) is 4.20. The van der Waals surface area contributed by atoms with Gasteiger partial charge in [0.1, 0.15) is 5.03 Å². The van der Waals surface area contributed by atoms with Crippen molar-refractivity contribution in [3.63, 3.8) is 0 Å². The fraction of sp³-hybridized carbons (Fsp3) is 0.611. The first-order chi connectivity index (χ1) is 21.2. The molecule has 8 rings (SSSR count). The van der Waals surface area contributed by atoms with Crippen LogP contribution < -0.4 is 0 Å². The first kappa shape index (κ1) is 29.0. The third-order valence-electron chi connectivity index (χ3n) is 12.5. The Morgan fingerprint density at radius 3 is 2.73 bits per heavy atom. The number of aliphatic hydroxyl groups excluding tert-OH is 1. The SMILES string of the molecule is CC12C=CC(=O)C=C1CCC1C2[C@@H](O)CC2(C)C1C[C@H]1O[C@@H](C3CCCCC3)O[C@]12C(=O)CSc1cnc2ccccc2n1. The molecule has 1 aromatic carbocycles. The molecule has 232 valence electrons. The number of para-hydroxylation sites is 2. The van der Waals surface area contributed by atoms with Gasteiger partial charge in [-0.15, -0.1) is 0 Å². The average molecular weight is 615 g/mol. The second-order valence-electron chi connectivity index (χ2n) is 14.6. The van der Waals surface area contributed by atoms with Crippen molar-refractivity contribution >= 4 is 34.4 Å². The van der Waals surface area contributed by atoms with Crippen LogP contribution in [-0.2, 0) is 19.1 Å². The molecule has 9 atom stereocenters. The van der Waals surface area contributed by atoms with Gasteiger partial charge in [-0.1, -0.05) is 68.7 Å². The predicted octanol–water partition coefficient (Wildman–Crippen LogP) is 6.24. The molecule has 0 bridgehead atoms. The summed E-state index contributed by atoms with van der Waals surface area (Å²) >= 11 is 1.42. The molecule has 2 heterocycles. The number of carbonyl (C=O) groups is 2. The van der Waals surface area contributed by atoms with Gasteiger partial charge in [0.2, 0.25) is 0 Å². The van der Waals surface area contributed by atoms with Crippen molar-refractivity contribution in [2.75, 3.05) is 5.75 Å². The third-order valence-corrected chi connectivity index (χ3v) is 13.4. The Labute approximate surface area is 263 Å². The molecular formula is C36H42N2O5S. The maximum atomic E-state index is 14.8. The molecule has 1 aliphatic heterocycles. The fourth-order valence-electron chi connectivity index (χ4n) is 10.5. The van der Waals surface area contributed by atoms with Gasteiger partial charge >= 0.3 is 0 Å². The highest BCUT2D eigenvalue weighted by Crippen LogP contribution is 2.70. The van der Waals surface area contributed by atoms with E-state index in [1.165, 1.54) is 31.0 Å². The molecule has 0 spiro atoms. The number of allylic oxidation sites excluding steroid dienone is 4. The lowest BCUT2D eigenvalue weighted by atomic mass is 9.46. The number of aromatic nitrogens is 2. The Balaban J connectivity index is 1.13. The van der Waals surface area contributed by atoms with Crippen molar-refractivity contribution in [2.45, 2.75) is 101 Å². The van der Waals surface area contributed by atoms with Gasteiger partial charge in [0.15, 0.2) is 23.5 Å². The lowest BCUT2D eigenvalue weighted by Gasteiger charge is -2.59. The standard InChI is InChI=1S/C36H42N2O5S/c1-34-15-14-23(39)16-22(34)12-13-24-25-17-30-36(35(25,2)18-28(40)32(24)34,43-33(42-30)21-8-4-3-5-9-21)29(41)20-44-31-19-37-26-10-6-7-11-27(26)38-31/h6-7,10-11,14-16,19,21,24-25,28,30,32-33,40H,3-5,8-9,12-13,17-18,20H2,1-2H3/t24?,25?,28-,30+,32?,33+,34?,35?,36+/m0/s1. The molecule has 5 unspecified atom stereocenters. The molecule has 7 nitrogen and oxygen atoms in total. The molecule has 2 aromatic rings. The summed E-state index contributed by atoms with van der Waals surface area (Å²) in [6.07, 6.45) is 14.6. The van der Waals surface area contributed by atoms with Gasteiger partial charge in [-0.25, -0.2) is 4.98 Å². The number of ketones is 2. The van der Waals surface area contributed by atoms with E-state index in [1.807, 2.05) is 30.3 Å². The van der Waals surface area contributed by atoms with Crippen molar-refractivity contribution in [1.82, 2.24) is 9.97 Å². The Morgan fingerprint density at radius 2 is 1.91 bits per heavy atom. The molecule has 1 N–H and O–H groups in total. The molecule has 0 radical (unpaired) electrons. The number of thioether (sulfide) groups is 1. The Bertz CT molecular complexity index is 1570. The quantitative estimate of drug-likeness (QED) is 0.396. The normalized spacial score (nSPS) is 41.5. The second kappa shape index (κ2) is 10.6. The molecular weight excluding hydrogens is 572 g/mol. The van der Waals surface area contributed by atoms with Crippen LogP contribution in [0.2, 0.25) is 0 Å². The van der Waals surface area contributed by atoms with Crippen molar-refractivity contribution in [3.05, 3.63) is 54.3 Å². The first-order valence-corrected chi connectivity index (χ1v) is 17.5. The van der Waals surface area contributed by atoms with Crippen LogP contribution in [0.5, 0.6) is 0 Å². The molecule has 5 aliphatic carbocycles. The van der Waals surface area contributed by atoms with E-state index < -0.39 is 17.1 Å². The van der Waals surface area contributed by atoms with Gasteiger partial charge in [0.25, 0.3) is 0 Å². The van der Waals surface area contributed by atoms with Crippen LogP contribution in [0.15, 0.2) is 59.3 Å². The number of hydrogen-bond donors (Lipinski definition) is 1. The maximum absolute atomic E-state index is 14.8. The smallest absolute Gasteiger partial charge is 0.178 e. The number of rotatable bonds is 5. The minimum Gasteiger partial charge on any atom is -0.393 e. The summed E-state index contributed by atoms with van der Waals surface area (Å²) in [6, 6.07) is 7.77. The van der Waals surface area contributed by atoms with Crippen LogP contribution in [0, 0.1) is 34.5 Å². The van der Waals surface area contributed by atoms with E-state index in [4.69, 9.17) is 14.5 Å². The zero-order valence-electron chi connectivity index (χ0n) is 25.6. The van der Waals surface area contributed by atoms with Crippen LogP contribution in [0.1, 0.15) is 71.6 Å². The van der Waals surface area contributed by atoms with Crippen molar-refractivity contribution in [1.29, 1.82) is 0 Å². The van der Waals surface area contributed by atoms with E-state index in [0.717, 1.165) is 48.7 Å². The molecule has 0 amide bonds. The maximum Gasteiger partial charge on any atom is 0.178 e. The van der Waals surface area contributed by atoms with Gasteiger partial charge in [0, 0.05) is 22.7 Å². The summed E-state index contributed by atoms with van der Waals surface area (Å²) in [6.45, 7) is 4.39. The molecule has 1 saturated heterocycles. The van der Waals surface area contributed by atoms with E-state index in [0.29, 0.717) is 17.4 Å². The van der Waals surface area contributed by atoms with Gasteiger partial charge in [-0.2, -0.15) is 0 Å². The van der Waals surface area contributed by atoms with E-state index in [1.54, 1.807) is 18.3 Å². The predicted molar refractivity (Wildman–Crippen MR) is 168 cm³/mol. The number of nitrogens with zero attached hydrogens (tertiary/aromatic N) is 2. The first-order valence-electron chi connectivity index (χ1n) is 16.6. The lowest BCUT2D eigenvalue weighted by Crippen LogP contribution is -2.63. The van der Waals surface area contributed by atoms with Crippen molar-refractivity contribution in [3.8, 4) is 0 Å². The second-order valence-corrected chi connectivity index (χ2v) is 15.6. The summed E-state index contributed by atoms with van der Waals surface area (Å²) in [7, 11) is 0. The number of aliphatic hydroxyl groups is 1. The number of carbonyl (C=O) groups excluding carboxylic acids is 2. The van der Waals surface area contributed by atoms with Gasteiger partial charge < -0.3 is 14.6 Å². The highest BCUT2D eigenvalue weighted by molar-refractivity contribution is 7.99. The minimum absolute atomic E-state index is 0.00714. The summed E-state index contributed by atoms with van der Waals surface area (Å²) in [5, 5.41) is 12.8. The molecule has 44 heavy (non-hydrogen) atoms. The number of benzene rings is 1. The van der Waals surface area contributed by atoms with Crippen molar-refractivity contribution < 1.29 is 24.2 Å². The summed E-state index contributed by atoms with van der Waals surface area (Å²) in [5.74, 6) is 0.967. The fourth-order valence-corrected chi connectivity index (χ4v) is 11.3. The zero-order chi connectivity index (χ0) is 30.3. The van der Waals surface area contributed by atoms with E-state index in [9.17, 15) is 14.7 Å². The van der Waals surface area contributed by atoms with Crippen molar-refractivity contribution in [2.24, 2.45) is 34.5 Å². The van der Waals surface area contributed by atoms with Gasteiger partial charge in [-0.05, 0) is 74.6 Å². The van der Waals surface area contributed by atoms with Crippen LogP contribution in [0.3, 0.4) is 0 Å². The monoisotopic (exact) mass is 614 g/mol.